The van der Waals surface area contributed by atoms with Gasteiger partial charge >= 0.3 is 0 Å². The average molecular weight is 436 g/mol. The van der Waals surface area contributed by atoms with Gasteiger partial charge in [0.15, 0.2) is 11.5 Å². The number of hydrogen-bond acceptors (Lipinski definition) is 4. The number of carbonyl (C=O) groups excluding carboxylic acids is 1. The van der Waals surface area contributed by atoms with Gasteiger partial charge in [0.05, 0.1) is 10.0 Å². The van der Waals surface area contributed by atoms with Crippen LogP contribution in [0.5, 0.6) is 23.0 Å². The first-order valence-electron chi connectivity index (χ1n) is 7.38. The molecule has 0 spiro atoms. The summed E-state index contributed by atoms with van der Waals surface area (Å²) in [7, 11) is 0. The van der Waals surface area contributed by atoms with Crippen molar-refractivity contribution in [2.75, 3.05) is 13.2 Å². The zero-order chi connectivity index (χ0) is 19.1. The number of benzene rings is 2. The van der Waals surface area contributed by atoms with Crippen molar-refractivity contribution in [3.8, 4) is 23.0 Å². The lowest BCUT2D eigenvalue weighted by molar-refractivity contribution is -0.118. The summed E-state index contributed by atoms with van der Waals surface area (Å²) in [5.41, 5.74) is 0. The van der Waals surface area contributed by atoms with Crippen LogP contribution in [0.3, 0.4) is 0 Å². The molecule has 0 amide bonds. The van der Waals surface area contributed by atoms with E-state index in [1.54, 1.807) is 36.4 Å². The highest BCUT2D eigenvalue weighted by Gasteiger charge is 2.11. The van der Waals surface area contributed by atoms with Crippen LogP contribution >= 0.6 is 46.4 Å². The van der Waals surface area contributed by atoms with Crippen LogP contribution in [-0.2, 0) is 4.79 Å². The Hall–Kier alpha value is -1.59. The normalized spacial score (nSPS) is 10.2. The molecule has 0 aliphatic heterocycles. The Kier molecular flexibility index (Phi) is 7.91. The largest absolute Gasteiger partial charge is 0.486 e. The highest BCUT2D eigenvalue weighted by atomic mass is 35.5. The number of carbonyl (C=O) groups is 1. The highest BCUT2D eigenvalue weighted by molar-refractivity contribution is 6.55. The second-order valence-electron chi connectivity index (χ2n) is 5.08. The molecule has 0 bridgehead atoms. The van der Waals surface area contributed by atoms with Crippen LogP contribution in [0.4, 0.5) is 0 Å². The molecule has 0 aliphatic carbocycles. The van der Waals surface area contributed by atoms with E-state index in [9.17, 15) is 4.79 Å². The smallest absolute Gasteiger partial charge is 0.167 e. The molecule has 0 unspecified atom stereocenters. The van der Waals surface area contributed by atoms with Crippen molar-refractivity contribution in [3.05, 3.63) is 57.0 Å². The molecule has 4 nitrogen and oxygen atoms in total. The zero-order valence-corrected chi connectivity index (χ0v) is 16.6. The van der Waals surface area contributed by atoms with Gasteiger partial charge in [-0.05, 0) is 37.3 Å². The Morgan fingerprint density at radius 3 is 2.08 bits per heavy atom. The number of ketones is 1. The number of Topliss-reactive ketones (excluding diaryl/α,β-unsaturated/α-hetero) is 1. The van der Waals surface area contributed by atoms with Crippen molar-refractivity contribution < 1.29 is 19.0 Å². The van der Waals surface area contributed by atoms with Gasteiger partial charge in [0, 0.05) is 12.1 Å². The van der Waals surface area contributed by atoms with Crippen LogP contribution in [0.15, 0.2) is 47.0 Å². The third kappa shape index (κ3) is 6.61. The first kappa shape index (κ1) is 20.7. The third-order valence-corrected chi connectivity index (χ3v) is 3.81. The topological polar surface area (TPSA) is 44.8 Å². The summed E-state index contributed by atoms with van der Waals surface area (Å²) in [5, 5.41) is 0.570. The molecule has 26 heavy (non-hydrogen) atoms. The number of rotatable bonds is 8. The second kappa shape index (κ2) is 9.93. The second-order valence-corrected chi connectivity index (χ2v) is 6.91. The lowest BCUT2D eigenvalue weighted by atomic mass is 10.3. The molecule has 0 fully saturated rings. The standard InChI is InChI=1S/C18H14Cl4O4/c1-11(23)10-25-12-2-4-13(5-3-12)26-14-8-15(19)18(16(20)9-14)24-7-6-17(21)22/h2-6,8-9H,7,10H2,1H3. The molecule has 0 radical (unpaired) electrons. The van der Waals surface area contributed by atoms with E-state index in [1.807, 2.05) is 0 Å². The van der Waals surface area contributed by atoms with Gasteiger partial charge in [-0.3, -0.25) is 4.79 Å². The van der Waals surface area contributed by atoms with Crippen molar-refractivity contribution in [1.29, 1.82) is 0 Å². The minimum absolute atomic E-state index is 0.0248. The number of hydrogen-bond donors (Lipinski definition) is 0. The highest BCUT2D eigenvalue weighted by Crippen LogP contribution is 2.38. The van der Waals surface area contributed by atoms with E-state index in [0.717, 1.165) is 0 Å². The van der Waals surface area contributed by atoms with Gasteiger partial charge in [0.1, 0.15) is 35.0 Å². The van der Waals surface area contributed by atoms with E-state index in [0.29, 0.717) is 23.0 Å². The molecule has 0 heterocycles. The summed E-state index contributed by atoms with van der Waals surface area (Å²) < 4.78 is 16.5. The first-order valence-corrected chi connectivity index (χ1v) is 8.89. The molecule has 0 atom stereocenters. The molecule has 0 saturated heterocycles. The molecule has 2 aromatic carbocycles. The maximum atomic E-state index is 10.9. The van der Waals surface area contributed by atoms with Crippen LogP contribution in [-0.4, -0.2) is 19.0 Å². The maximum Gasteiger partial charge on any atom is 0.167 e. The van der Waals surface area contributed by atoms with E-state index in [-0.39, 0.29) is 33.5 Å². The van der Waals surface area contributed by atoms with Crippen LogP contribution < -0.4 is 14.2 Å². The molecule has 0 aliphatic rings. The SMILES string of the molecule is CC(=O)COc1ccc(Oc2cc(Cl)c(OCC=C(Cl)Cl)c(Cl)c2)cc1. The number of ether oxygens (including phenoxy) is 3. The third-order valence-electron chi connectivity index (χ3n) is 2.94. The Labute approximate surface area is 171 Å². The monoisotopic (exact) mass is 434 g/mol. The fraction of sp³-hybridized carbons (Fsp3) is 0.167. The van der Waals surface area contributed by atoms with Crippen LogP contribution in [0.2, 0.25) is 10.0 Å². The molecule has 2 aromatic rings. The molecular formula is C18H14Cl4O4. The summed E-state index contributed by atoms with van der Waals surface area (Å²) in [6.07, 6.45) is 1.47. The molecule has 0 saturated carbocycles. The first-order chi connectivity index (χ1) is 12.3. The van der Waals surface area contributed by atoms with E-state index >= 15 is 0 Å². The lowest BCUT2D eigenvalue weighted by Crippen LogP contribution is -2.06. The average Bonchev–Trinajstić information content (AvgIpc) is 2.56. The molecule has 138 valence electrons. The van der Waals surface area contributed by atoms with Gasteiger partial charge in [0.25, 0.3) is 0 Å². The van der Waals surface area contributed by atoms with Gasteiger partial charge in [-0.15, -0.1) is 0 Å². The van der Waals surface area contributed by atoms with Crippen molar-refractivity contribution in [3.63, 3.8) is 0 Å². The summed E-state index contributed by atoms with van der Waals surface area (Å²) in [6, 6.07) is 9.95. The quantitative estimate of drug-likeness (QED) is 0.477. The van der Waals surface area contributed by atoms with Gasteiger partial charge < -0.3 is 14.2 Å². The lowest BCUT2D eigenvalue weighted by Gasteiger charge is -2.12. The van der Waals surface area contributed by atoms with E-state index in [1.165, 1.54) is 13.0 Å². The Morgan fingerprint density at radius 1 is 0.962 bits per heavy atom. The fourth-order valence-corrected chi connectivity index (χ4v) is 2.55. The Bertz CT molecular complexity index is 776. The summed E-state index contributed by atoms with van der Waals surface area (Å²) >= 11 is 23.4. The molecule has 8 heteroatoms. The molecule has 2 rings (SSSR count). The molecule has 0 aromatic heterocycles. The van der Waals surface area contributed by atoms with Crippen molar-refractivity contribution in [1.82, 2.24) is 0 Å². The predicted octanol–water partition coefficient (Wildman–Crippen LogP) is 6.45. The van der Waals surface area contributed by atoms with Gasteiger partial charge in [-0.1, -0.05) is 46.4 Å². The maximum absolute atomic E-state index is 10.9. The summed E-state index contributed by atoms with van der Waals surface area (Å²) in [4.78, 5) is 10.9. The van der Waals surface area contributed by atoms with Gasteiger partial charge in [0.2, 0.25) is 0 Å². The predicted molar refractivity (Wildman–Crippen MR) is 104 cm³/mol. The zero-order valence-electron chi connectivity index (χ0n) is 13.6. The van der Waals surface area contributed by atoms with Gasteiger partial charge in [-0.25, -0.2) is 0 Å². The Balaban J connectivity index is 2.05. The van der Waals surface area contributed by atoms with Crippen molar-refractivity contribution >= 4 is 52.2 Å². The van der Waals surface area contributed by atoms with Crippen molar-refractivity contribution in [2.24, 2.45) is 0 Å². The molecular weight excluding hydrogens is 422 g/mol. The van der Waals surface area contributed by atoms with Crippen LogP contribution in [0.1, 0.15) is 6.92 Å². The fourth-order valence-electron chi connectivity index (χ4n) is 1.85. The minimum Gasteiger partial charge on any atom is -0.486 e. The van der Waals surface area contributed by atoms with E-state index in [2.05, 4.69) is 0 Å². The molecule has 0 N–H and O–H groups in total. The number of halogens is 4. The summed E-state index contributed by atoms with van der Waals surface area (Å²) in [5.74, 6) is 1.81. The van der Waals surface area contributed by atoms with Crippen LogP contribution in [0, 0.1) is 0 Å². The van der Waals surface area contributed by atoms with E-state index in [4.69, 9.17) is 60.6 Å². The van der Waals surface area contributed by atoms with E-state index < -0.39 is 0 Å². The Morgan fingerprint density at radius 2 is 1.54 bits per heavy atom. The summed E-state index contributed by atoms with van der Waals surface area (Å²) in [6.45, 7) is 1.61. The van der Waals surface area contributed by atoms with Gasteiger partial charge in [-0.2, -0.15) is 0 Å². The van der Waals surface area contributed by atoms with Crippen molar-refractivity contribution in [2.45, 2.75) is 6.92 Å². The minimum atomic E-state index is -0.0549. The van der Waals surface area contributed by atoms with Crippen LogP contribution in [0.25, 0.3) is 0 Å².